The van der Waals surface area contributed by atoms with Crippen LogP contribution in [-0.4, -0.2) is 17.4 Å². The normalized spacial score (nSPS) is 27.1. The molecule has 2 rings (SSSR count). The van der Waals surface area contributed by atoms with E-state index in [0.29, 0.717) is 5.75 Å². The number of carbonyl (C=O) groups is 1. The van der Waals surface area contributed by atoms with Crippen LogP contribution in [0.15, 0.2) is 24.3 Å². The maximum atomic E-state index is 13.1. The molecule has 3 atom stereocenters. The van der Waals surface area contributed by atoms with Crippen molar-refractivity contribution in [3.05, 3.63) is 35.6 Å². The average molecular weight is 282 g/mol. The number of carbonyl (C=O) groups excluding carboxylic acids is 1. The number of hydrogen-bond acceptors (Lipinski definition) is 3. The molecule has 104 valence electrons. The maximum Gasteiger partial charge on any atom is 0.226 e. The molecule has 1 fully saturated rings. The van der Waals surface area contributed by atoms with Crippen LogP contribution in [0.25, 0.3) is 0 Å². The van der Waals surface area contributed by atoms with Crippen LogP contribution in [-0.2, 0) is 10.5 Å². The number of amides is 1. The Hall–Kier alpha value is -1.07. The van der Waals surface area contributed by atoms with Gasteiger partial charge in [0.05, 0.1) is 5.92 Å². The van der Waals surface area contributed by atoms with Crippen molar-refractivity contribution in [1.29, 1.82) is 0 Å². The zero-order valence-corrected chi connectivity index (χ0v) is 12.0. The Kier molecular flexibility index (Phi) is 4.82. The Morgan fingerprint density at radius 1 is 1.42 bits per heavy atom. The number of hydrogen-bond donors (Lipinski definition) is 2. The molecule has 0 radical (unpaired) electrons. The van der Waals surface area contributed by atoms with E-state index in [4.69, 9.17) is 0 Å². The van der Waals surface area contributed by atoms with Crippen molar-refractivity contribution < 1.29 is 9.18 Å². The van der Waals surface area contributed by atoms with Crippen LogP contribution in [0.5, 0.6) is 0 Å². The van der Waals surface area contributed by atoms with Crippen LogP contribution in [0, 0.1) is 11.7 Å². The van der Waals surface area contributed by atoms with Crippen molar-refractivity contribution in [2.45, 2.75) is 37.6 Å². The van der Waals surface area contributed by atoms with Crippen molar-refractivity contribution in [2.75, 3.05) is 0 Å². The first-order chi connectivity index (χ1) is 9.10. The molecule has 1 heterocycles. The summed E-state index contributed by atoms with van der Waals surface area (Å²) in [7, 11) is 0. The second-order valence-electron chi connectivity index (χ2n) is 4.80. The molecule has 0 bridgehead atoms. The van der Waals surface area contributed by atoms with Gasteiger partial charge < -0.3 is 5.32 Å². The maximum absolute atomic E-state index is 13.1. The van der Waals surface area contributed by atoms with Crippen LogP contribution in [0.3, 0.4) is 0 Å². The van der Waals surface area contributed by atoms with Crippen molar-refractivity contribution in [3.63, 3.8) is 0 Å². The van der Waals surface area contributed by atoms with Gasteiger partial charge in [0.25, 0.3) is 0 Å². The first kappa shape index (κ1) is 14.3. The zero-order valence-electron chi connectivity index (χ0n) is 11.2. The van der Waals surface area contributed by atoms with E-state index in [1.54, 1.807) is 17.8 Å². The highest BCUT2D eigenvalue weighted by Crippen LogP contribution is 2.21. The minimum absolute atomic E-state index is 0.0334. The predicted molar refractivity (Wildman–Crippen MR) is 76.0 cm³/mol. The lowest BCUT2D eigenvalue weighted by molar-refractivity contribution is -0.128. The highest BCUT2D eigenvalue weighted by atomic mass is 32.2. The molecular formula is C14H19FN2OS. The minimum atomic E-state index is -0.224. The van der Waals surface area contributed by atoms with Gasteiger partial charge in [0.2, 0.25) is 5.91 Å². The van der Waals surface area contributed by atoms with Crippen LogP contribution >= 0.6 is 11.8 Å². The second-order valence-corrected chi connectivity index (χ2v) is 5.89. The van der Waals surface area contributed by atoms with Crippen LogP contribution in [0.1, 0.15) is 25.8 Å². The summed E-state index contributed by atoms with van der Waals surface area (Å²) < 4.78 is 13.1. The molecule has 0 aliphatic carbocycles. The summed E-state index contributed by atoms with van der Waals surface area (Å²) in [6, 6.07) is 6.72. The Balaban J connectivity index is 1.89. The van der Waals surface area contributed by atoms with Gasteiger partial charge in [0, 0.05) is 11.8 Å². The molecule has 19 heavy (non-hydrogen) atoms. The summed E-state index contributed by atoms with van der Waals surface area (Å²) in [6.45, 7) is 4.05. The summed E-state index contributed by atoms with van der Waals surface area (Å²) in [5, 5.41) is 6.32. The van der Waals surface area contributed by atoms with Gasteiger partial charge in [-0.3, -0.25) is 10.1 Å². The molecule has 1 aliphatic rings. The molecule has 0 aromatic heterocycles. The standard InChI is InChI=1S/C14H19FN2OS/c1-3-12-9(2)16-14(17-13(12)18)19-8-10-5-4-6-11(15)7-10/h4-7,9,12,14,16H,3,8H2,1-2H3,(H,17,18). The number of nitrogens with one attached hydrogen (secondary N) is 2. The van der Waals surface area contributed by atoms with Crippen LogP contribution < -0.4 is 10.6 Å². The third-order valence-electron chi connectivity index (χ3n) is 3.37. The third kappa shape index (κ3) is 3.70. The number of halogens is 1. The first-order valence-electron chi connectivity index (χ1n) is 6.52. The minimum Gasteiger partial charge on any atom is -0.331 e. The Bertz CT molecular complexity index is 455. The van der Waals surface area contributed by atoms with Gasteiger partial charge in [0.1, 0.15) is 11.3 Å². The van der Waals surface area contributed by atoms with E-state index in [1.165, 1.54) is 12.1 Å². The molecule has 3 nitrogen and oxygen atoms in total. The quantitative estimate of drug-likeness (QED) is 0.891. The lowest BCUT2D eigenvalue weighted by atomic mass is 9.96. The molecule has 2 N–H and O–H groups in total. The Labute approximate surface area is 117 Å². The molecule has 1 aliphatic heterocycles. The summed E-state index contributed by atoms with van der Waals surface area (Å²) in [6.07, 6.45) is 0.835. The number of benzene rings is 1. The van der Waals surface area contributed by atoms with E-state index in [0.717, 1.165) is 12.0 Å². The molecule has 1 aromatic rings. The lowest BCUT2D eigenvalue weighted by Gasteiger charge is -2.34. The monoisotopic (exact) mass is 282 g/mol. The smallest absolute Gasteiger partial charge is 0.226 e. The van der Waals surface area contributed by atoms with E-state index < -0.39 is 0 Å². The van der Waals surface area contributed by atoms with Crippen molar-refractivity contribution >= 4 is 17.7 Å². The zero-order chi connectivity index (χ0) is 13.8. The summed E-state index contributed by atoms with van der Waals surface area (Å²) in [5.74, 6) is 0.578. The fourth-order valence-corrected chi connectivity index (χ4v) is 3.34. The van der Waals surface area contributed by atoms with Crippen LogP contribution in [0.2, 0.25) is 0 Å². The lowest BCUT2D eigenvalue weighted by Crippen LogP contribution is -2.58. The molecule has 0 spiro atoms. The number of thioether (sulfide) groups is 1. The second kappa shape index (κ2) is 6.39. The van der Waals surface area contributed by atoms with Gasteiger partial charge in [-0.1, -0.05) is 19.1 Å². The van der Waals surface area contributed by atoms with Gasteiger partial charge in [0.15, 0.2) is 0 Å². The molecule has 1 saturated heterocycles. The Morgan fingerprint density at radius 2 is 2.21 bits per heavy atom. The molecule has 0 saturated carbocycles. The highest BCUT2D eigenvalue weighted by Gasteiger charge is 2.31. The van der Waals surface area contributed by atoms with E-state index >= 15 is 0 Å². The van der Waals surface area contributed by atoms with Crippen molar-refractivity contribution in [1.82, 2.24) is 10.6 Å². The SMILES string of the molecule is CCC1C(=O)NC(SCc2cccc(F)c2)NC1C. The van der Waals surface area contributed by atoms with Gasteiger partial charge in [-0.25, -0.2) is 4.39 Å². The molecule has 3 unspecified atom stereocenters. The van der Waals surface area contributed by atoms with Gasteiger partial charge >= 0.3 is 0 Å². The van der Waals surface area contributed by atoms with Gasteiger partial charge in [-0.2, -0.15) is 0 Å². The summed E-state index contributed by atoms with van der Waals surface area (Å²) >= 11 is 1.57. The highest BCUT2D eigenvalue weighted by molar-refractivity contribution is 7.99. The fourth-order valence-electron chi connectivity index (χ4n) is 2.29. The molecule has 1 amide bonds. The average Bonchev–Trinajstić information content (AvgIpc) is 2.36. The molecule has 1 aromatic carbocycles. The predicted octanol–water partition coefficient (Wildman–Crippen LogP) is 2.48. The molecule has 5 heteroatoms. The first-order valence-corrected chi connectivity index (χ1v) is 7.57. The third-order valence-corrected chi connectivity index (χ3v) is 4.46. The van der Waals surface area contributed by atoms with Crippen molar-refractivity contribution in [2.24, 2.45) is 5.92 Å². The van der Waals surface area contributed by atoms with E-state index in [9.17, 15) is 9.18 Å². The number of rotatable bonds is 4. The largest absolute Gasteiger partial charge is 0.331 e. The van der Waals surface area contributed by atoms with E-state index in [1.807, 2.05) is 19.9 Å². The topological polar surface area (TPSA) is 41.1 Å². The van der Waals surface area contributed by atoms with Gasteiger partial charge in [-0.15, -0.1) is 11.8 Å². The van der Waals surface area contributed by atoms with Crippen molar-refractivity contribution in [3.8, 4) is 0 Å². The van der Waals surface area contributed by atoms with E-state index in [2.05, 4.69) is 10.6 Å². The fraction of sp³-hybridized carbons (Fsp3) is 0.500. The van der Waals surface area contributed by atoms with Crippen LogP contribution in [0.4, 0.5) is 4.39 Å². The summed E-state index contributed by atoms with van der Waals surface area (Å²) in [4.78, 5) is 11.9. The van der Waals surface area contributed by atoms with Gasteiger partial charge in [-0.05, 0) is 31.0 Å². The Morgan fingerprint density at radius 3 is 2.84 bits per heavy atom. The summed E-state index contributed by atoms with van der Waals surface area (Å²) in [5.41, 5.74) is 0.819. The van der Waals surface area contributed by atoms with E-state index in [-0.39, 0.29) is 29.2 Å². The molecular weight excluding hydrogens is 263 g/mol.